The number of amides is 1. The lowest BCUT2D eigenvalue weighted by Gasteiger charge is -2.20. The summed E-state index contributed by atoms with van der Waals surface area (Å²) in [5, 5.41) is 2.56. The fraction of sp³-hybridized carbons (Fsp3) is 0.160. The van der Waals surface area contributed by atoms with Gasteiger partial charge in [-0.2, -0.15) is 0 Å². The molecular formula is C25H23N3O3S. The second-order valence-electron chi connectivity index (χ2n) is 7.01. The van der Waals surface area contributed by atoms with Crippen LogP contribution in [0.3, 0.4) is 0 Å². The van der Waals surface area contributed by atoms with Crippen LogP contribution in [-0.4, -0.2) is 36.6 Å². The number of rotatable bonds is 8. The average Bonchev–Trinajstić information content (AvgIpc) is 3.34. The zero-order valence-corrected chi connectivity index (χ0v) is 18.7. The van der Waals surface area contributed by atoms with E-state index >= 15 is 0 Å². The maximum absolute atomic E-state index is 13.4. The molecule has 0 aliphatic rings. The lowest BCUT2D eigenvalue weighted by atomic mass is 10.1. The zero-order valence-electron chi connectivity index (χ0n) is 17.9. The van der Waals surface area contributed by atoms with Crippen LogP contribution in [0.15, 0.2) is 78.4 Å². The van der Waals surface area contributed by atoms with E-state index in [1.165, 1.54) is 11.3 Å². The normalized spacial score (nSPS) is 10.6. The van der Waals surface area contributed by atoms with E-state index in [0.29, 0.717) is 28.7 Å². The largest absolute Gasteiger partial charge is 0.497 e. The van der Waals surface area contributed by atoms with Crippen LogP contribution >= 0.6 is 11.3 Å². The SMILES string of the molecule is COc1ccc(OC)c(-c2csc(N(CCc3ccccc3)C(=O)c3ccncc3)n2)c1. The predicted octanol–water partition coefficient (Wildman–Crippen LogP) is 5.11. The number of aromatic nitrogens is 2. The molecule has 0 fully saturated rings. The van der Waals surface area contributed by atoms with Crippen molar-refractivity contribution in [2.24, 2.45) is 0 Å². The maximum atomic E-state index is 13.4. The Labute approximate surface area is 191 Å². The summed E-state index contributed by atoms with van der Waals surface area (Å²) < 4.78 is 10.9. The Bertz CT molecular complexity index is 1180. The number of hydrogen-bond acceptors (Lipinski definition) is 6. The van der Waals surface area contributed by atoms with Gasteiger partial charge in [-0.1, -0.05) is 30.3 Å². The van der Waals surface area contributed by atoms with Crippen molar-refractivity contribution in [1.29, 1.82) is 0 Å². The standard InChI is InChI=1S/C25H23N3O3S/c1-30-20-8-9-23(31-2)21(16-20)22-17-32-25(27-22)28(15-12-18-6-4-3-5-7-18)24(29)19-10-13-26-14-11-19/h3-11,13-14,16-17H,12,15H2,1-2H3. The second kappa shape index (κ2) is 10.1. The summed E-state index contributed by atoms with van der Waals surface area (Å²) >= 11 is 1.43. The first-order valence-corrected chi connectivity index (χ1v) is 11.0. The zero-order chi connectivity index (χ0) is 22.3. The number of thiazole rings is 1. The van der Waals surface area contributed by atoms with Crippen molar-refractivity contribution < 1.29 is 14.3 Å². The van der Waals surface area contributed by atoms with Crippen molar-refractivity contribution in [1.82, 2.24) is 9.97 Å². The summed E-state index contributed by atoms with van der Waals surface area (Å²) in [7, 11) is 3.24. The van der Waals surface area contributed by atoms with Crippen molar-refractivity contribution in [2.45, 2.75) is 6.42 Å². The van der Waals surface area contributed by atoms with Crippen LogP contribution in [0, 0.1) is 0 Å². The Morgan fingerprint density at radius 2 is 1.78 bits per heavy atom. The molecule has 0 saturated heterocycles. The number of carbonyl (C=O) groups excluding carboxylic acids is 1. The number of hydrogen-bond donors (Lipinski definition) is 0. The third-order valence-electron chi connectivity index (χ3n) is 5.04. The van der Waals surface area contributed by atoms with Crippen LogP contribution in [0.25, 0.3) is 11.3 Å². The predicted molar refractivity (Wildman–Crippen MR) is 127 cm³/mol. The average molecular weight is 446 g/mol. The molecule has 0 bridgehead atoms. The molecule has 4 rings (SSSR count). The molecule has 0 radical (unpaired) electrons. The van der Waals surface area contributed by atoms with E-state index in [9.17, 15) is 4.79 Å². The molecule has 0 saturated carbocycles. The molecule has 2 aromatic heterocycles. The van der Waals surface area contributed by atoms with Crippen LogP contribution in [0.4, 0.5) is 5.13 Å². The van der Waals surface area contributed by atoms with Gasteiger partial charge in [-0.3, -0.25) is 14.7 Å². The summed E-state index contributed by atoms with van der Waals surface area (Å²) in [6, 6.07) is 19.1. The fourth-order valence-corrected chi connectivity index (χ4v) is 4.20. The van der Waals surface area contributed by atoms with Crippen LogP contribution in [-0.2, 0) is 6.42 Å². The monoisotopic (exact) mass is 445 g/mol. The van der Waals surface area contributed by atoms with E-state index in [1.807, 2.05) is 41.8 Å². The van der Waals surface area contributed by atoms with E-state index in [2.05, 4.69) is 17.1 Å². The van der Waals surface area contributed by atoms with E-state index in [1.54, 1.807) is 43.6 Å². The van der Waals surface area contributed by atoms with Gasteiger partial charge in [0.25, 0.3) is 5.91 Å². The topological polar surface area (TPSA) is 64.6 Å². The molecule has 2 heterocycles. The van der Waals surface area contributed by atoms with Gasteiger partial charge in [0.05, 0.1) is 19.9 Å². The lowest BCUT2D eigenvalue weighted by molar-refractivity contribution is 0.0987. The van der Waals surface area contributed by atoms with E-state index < -0.39 is 0 Å². The summed E-state index contributed by atoms with van der Waals surface area (Å²) in [5.74, 6) is 1.30. The highest BCUT2D eigenvalue weighted by Crippen LogP contribution is 2.36. The molecule has 0 N–H and O–H groups in total. The molecule has 0 unspecified atom stereocenters. The number of carbonyl (C=O) groups is 1. The third kappa shape index (κ3) is 4.78. The highest BCUT2D eigenvalue weighted by Gasteiger charge is 2.22. The molecule has 2 aromatic carbocycles. The minimum atomic E-state index is -0.109. The minimum absolute atomic E-state index is 0.109. The van der Waals surface area contributed by atoms with Gasteiger partial charge in [-0.15, -0.1) is 11.3 Å². The fourth-order valence-electron chi connectivity index (χ4n) is 3.35. The van der Waals surface area contributed by atoms with Gasteiger partial charge in [-0.25, -0.2) is 4.98 Å². The molecule has 162 valence electrons. The van der Waals surface area contributed by atoms with Gasteiger partial charge in [0.1, 0.15) is 11.5 Å². The number of pyridine rings is 1. The first-order chi connectivity index (χ1) is 15.7. The number of anilines is 1. The molecule has 0 aliphatic carbocycles. The van der Waals surface area contributed by atoms with Gasteiger partial charge in [0.2, 0.25) is 0 Å². The van der Waals surface area contributed by atoms with Crippen LogP contribution < -0.4 is 14.4 Å². The number of benzene rings is 2. The molecule has 0 aliphatic heterocycles. The van der Waals surface area contributed by atoms with Crippen LogP contribution in [0.1, 0.15) is 15.9 Å². The van der Waals surface area contributed by atoms with Crippen molar-refractivity contribution in [3.8, 4) is 22.8 Å². The van der Waals surface area contributed by atoms with Gasteiger partial charge in [0.15, 0.2) is 5.13 Å². The van der Waals surface area contributed by atoms with Crippen LogP contribution in [0.2, 0.25) is 0 Å². The Morgan fingerprint density at radius 1 is 1.00 bits per heavy atom. The highest BCUT2D eigenvalue weighted by atomic mass is 32.1. The molecule has 4 aromatic rings. The van der Waals surface area contributed by atoms with Gasteiger partial charge in [-0.05, 0) is 42.3 Å². The van der Waals surface area contributed by atoms with E-state index in [-0.39, 0.29) is 5.91 Å². The molecule has 0 spiro atoms. The van der Waals surface area contributed by atoms with Gasteiger partial charge in [0, 0.05) is 35.4 Å². The summed E-state index contributed by atoms with van der Waals surface area (Å²) in [4.78, 5) is 23.9. The van der Waals surface area contributed by atoms with Crippen LogP contribution in [0.5, 0.6) is 11.5 Å². The van der Waals surface area contributed by atoms with Crippen molar-refractivity contribution in [3.63, 3.8) is 0 Å². The van der Waals surface area contributed by atoms with Gasteiger partial charge >= 0.3 is 0 Å². The summed E-state index contributed by atoms with van der Waals surface area (Å²) in [5.41, 5.74) is 3.27. The van der Waals surface area contributed by atoms with E-state index in [4.69, 9.17) is 14.5 Å². The summed E-state index contributed by atoms with van der Waals surface area (Å²) in [6.45, 7) is 0.507. The van der Waals surface area contributed by atoms with Crippen molar-refractivity contribution in [2.75, 3.05) is 25.7 Å². The molecule has 6 nitrogen and oxygen atoms in total. The molecule has 32 heavy (non-hydrogen) atoms. The number of methoxy groups -OCH3 is 2. The molecule has 0 atom stereocenters. The quantitative estimate of drug-likeness (QED) is 0.377. The van der Waals surface area contributed by atoms with Gasteiger partial charge < -0.3 is 9.47 Å². The summed E-state index contributed by atoms with van der Waals surface area (Å²) in [6.07, 6.45) is 3.96. The van der Waals surface area contributed by atoms with Crippen molar-refractivity contribution >= 4 is 22.4 Å². The first-order valence-electron chi connectivity index (χ1n) is 10.1. The smallest absolute Gasteiger partial charge is 0.260 e. The third-order valence-corrected chi connectivity index (χ3v) is 5.91. The Kier molecular flexibility index (Phi) is 6.77. The molecular weight excluding hydrogens is 422 g/mol. The first kappa shape index (κ1) is 21.5. The van der Waals surface area contributed by atoms with Crippen molar-refractivity contribution in [3.05, 3.63) is 89.6 Å². The van der Waals surface area contributed by atoms with E-state index in [0.717, 1.165) is 23.2 Å². The Morgan fingerprint density at radius 3 is 2.50 bits per heavy atom. The second-order valence-corrected chi connectivity index (χ2v) is 7.85. The number of nitrogens with zero attached hydrogens (tertiary/aromatic N) is 3. The highest BCUT2D eigenvalue weighted by molar-refractivity contribution is 7.14. The molecule has 1 amide bonds. The Hall–Kier alpha value is -3.71. The Balaban J connectivity index is 1.67. The lowest BCUT2D eigenvalue weighted by Crippen LogP contribution is -2.33. The minimum Gasteiger partial charge on any atom is -0.497 e. The maximum Gasteiger partial charge on any atom is 0.260 e. The molecule has 7 heteroatoms. The number of ether oxygens (including phenoxy) is 2.